The summed E-state index contributed by atoms with van der Waals surface area (Å²) >= 11 is 0. The van der Waals surface area contributed by atoms with E-state index >= 15 is 0 Å². The summed E-state index contributed by atoms with van der Waals surface area (Å²) < 4.78 is 4.77. The van der Waals surface area contributed by atoms with E-state index in [1.807, 2.05) is 0 Å². The number of methoxy groups -OCH3 is 1. The van der Waals surface area contributed by atoms with Gasteiger partial charge in [0.1, 0.15) is 18.0 Å². The second-order valence-corrected chi connectivity index (χ2v) is 2.56. The van der Waals surface area contributed by atoms with Gasteiger partial charge in [-0.1, -0.05) is 0 Å². The van der Waals surface area contributed by atoms with Crippen molar-refractivity contribution in [2.45, 2.75) is 13.5 Å². The summed E-state index contributed by atoms with van der Waals surface area (Å²) in [5.41, 5.74) is -0.352. The molecule has 1 heterocycles. The van der Waals surface area contributed by atoms with Crippen LogP contribution >= 0.6 is 0 Å². The Morgan fingerprint density at radius 2 is 2.38 bits per heavy atom. The van der Waals surface area contributed by atoms with Crippen LogP contribution in [0.3, 0.4) is 0 Å². The van der Waals surface area contributed by atoms with Crippen LogP contribution in [0.4, 0.5) is 0 Å². The van der Waals surface area contributed by atoms with Crippen molar-refractivity contribution in [2.75, 3.05) is 7.11 Å². The van der Waals surface area contributed by atoms with Crippen molar-refractivity contribution in [1.82, 2.24) is 9.97 Å². The van der Waals surface area contributed by atoms with Crippen molar-refractivity contribution in [3.8, 4) is 0 Å². The lowest BCUT2D eigenvalue weighted by molar-refractivity contribution is 0.101. The molecular weight excluding hydrogens is 172 g/mol. The Kier molecular flexibility index (Phi) is 2.92. The minimum absolute atomic E-state index is 0.0693. The van der Waals surface area contributed by atoms with Gasteiger partial charge in [-0.2, -0.15) is 0 Å². The first-order valence-electron chi connectivity index (χ1n) is 3.73. The van der Waals surface area contributed by atoms with Gasteiger partial charge in [0.05, 0.1) is 0 Å². The number of hydrogen-bond donors (Lipinski definition) is 1. The monoisotopic (exact) mass is 182 g/mol. The summed E-state index contributed by atoms with van der Waals surface area (Å²) in [7, 11) is 1.50. The van der Waals surface area contributed by atoms with E-state index in [2.05, 4.69) is 9.97 Å². The number of nitrogens with one attached hydrogen (secondary N) is 1. The minimum Gasteiger partial charge on any atom is -0.377 e. The summed E-state index contributed by atoms with van der Waals surface area (Å²) in [6.07, 6.45) is 1.26. The van der Waals surface area contributed by atoms with E-state index in [0.29, 0.717) is 5.82 Å². The standard InChI is InChI=1S/C8H10N2O3/c1-5(11)6-3-9-7(4-13-2)10-8(6)12/h3H,4H2,1-2H3,(H,9,10,12). The Morgan fingerprint density at radius 3 is 2.85 bits per heavy atom. The average molecular weight is 182 g/mol. The van der Waals surface area contributed by atoms with Crippen molar-refractivity contribution < 1.29 is 9.53 Å². The Labute approximate surface area is 74.8 Å². The molecule has 1 N–H and O–H groups in total. The average Bonchev–Trinajstić information content (AvgIpc) is 2.04. The first-order chi connectivity index (χ1) is 6.15. The Hall–Kier alpha value is -1.49. The van der Waals surface area contributed by atoms with Crippen LogP contribution in [0, 0.1) is 0 Å². The predicted molar refractivity (Wildman–Crippen MR) is 45.6 cm³/mol. The molecule has 0 saturated heterocycles. The number of carbonyl (C=O) groups excluding carboxylic acids is 1. The molecule has 0 unspecified atom stereocenters. The smallest absolute Gasteiger partial charge is 0.261 e. The zero-order valence-corrected chi connectivity index (χ0v) is 7.46. The molecule has 0 spiro atoms. The summed E-state index contributed by atoms with van der Waals surface area (Å²) in [5, 5.41) is 0. The van der Waals surface area contributed by atoms with Crippen molar-refractivity contribution >= 4 is 5.78 Å². The van der Waals surface area contributed by atoms with Gasteiger partial charge in [0.25, 0.3) is 5.56 Å². The molecule has 0 saturated carbocycles. The maximum Gasteiger partial charge on any atom is 0.261 e. The first-order valence-corrected chi connectivity index (χ1v) is 3.73. The first kappa shape index (κ1) is 9.60. The lowest BCUT2D eigenvalue weighted by Gasteiger charge is -1.98. The van der Waals surface area contributed by atoms with Crippen LogP contribution in [-0.4, -0.2) is 22.9 Å². The second kappa shape index (κ2) is 3.95. The molecule has 0 atom stereocenters. The molecule has 0 aliphatic rings. The van der Waals surface area contributed by atoms with Gasteiger partial charge in [0, 0.05) is 13.3 Å². The number of ketones is 1. The maximum absolute atomic E-state index is 11.2. The lowest BCUT2D eigenvalue weighted by atomic mass is 10.2. The SMILES string of the molecule is COCc1ncc(C(C)=O)c(=O)[nH]1. The number of carbonyl (C=O) groups is 1. The molecule has 0 radical (unpaired) electrons. The van der Waals surface area contributed by atoms with E-state index in [1.54, 1.807) is 0 Å². The van der Waals surface area contributed by atoms with E-state index in [4.69, 9.17) is 4.74 Å². The molecule has 1 aromatic heterocycles. The fraction of sp³-hybridized carbons (Fsp3) is 0.375. The highest BCUT2D eigenvalue weighted by Crippen LogP contribution is 1.92. The van der Waals surface area contributed by atoms with Gasteiger partial charge in [-0.3, -0.25) is 9.59 Å². The van der Waals surface area contributed by atoms with Gasteiger partial charge in [0.15, 0.2) is 5.78 Å². The van der Waals surface area contributed by atoms with E-state index in [-0.39, 0.29) is 18.0 Å². The third-order valence-electron chi connectivity index (χ3n) is 1.51. The van der Waals surface area contributed by atoms with Crippen molar-refractivity contribution in [3.05, 3.63) is 27.9 Å². The topological polar surface area (TPSA) is 72.0 Å². The van der Waals surface area contributed by atoms with E-state index < -0.39 is 5.56 Å². The molecule has 70 valence electrons. The third kappa shape index (κ3) is 2.22. The lowest BCUT2D eigenvalue weighted by Crippen LogP contribution is -2.19. The normalized spacial score (nSPS) is 10.0. The van der Waals surface area contributed by atoms with Crippen LogP contribution in [-0.2, 0) is 11.3 Å². The largest absolute Gasteiger partial charge is 0.377 e. The quantitative estimate of drug-likeness (QED) is 0.674. The molecule has 1 aromatic rings. The Morgan fingerprint density at radius 1 is 1.69 bits per heavy atom. The van der Waals surface area contributed by atoms with Crippen LogP contribution in [0.1, 0.15) is 23.1 Å². The highest BCUT2D eigenvalue weighted by Gasteiger charge is 2.06. The van der Waals surface area contributed by atoms with Crippen LogP contribution in [0.25, 0.3) is 0 Å². The van der Waals surface area contributed by atoms with Gasteiger partial charge >= 0.3 is 0 Å². The molecule has 0 bridgehead atoms. The summed E-state index contributed by atoms with van der Waals surface area (Å²) in [6, 6.07) is 0. The number of aromatic amines is 1. The van der Waals surface area contributed by atoms with Gasteiger partial charge in [-0.05, 0) is 6.92 Å². The van der Waals surface area contributed by atoms with Gasteiger partial charge in [-0.15, -0.1) is 0 Å². The number of H-pyrrole nitrogens is 1. The zero-order chi connectivity index (χ0) is 9.84. The Balaban J connectivity index is 3.06. The van der Waals surface area contributed by atoms with Crippen molar-refractivity contribution in [1.29, 1.82) is 0 Å². The molecule has 0 aliphatic carbocycles. The van der Waals surface area contributed by atoms with E-state index in [0.717, 1.165) is 0 Å². The van der Waals surface area contributed by atoms with Crippen LogP contribution in [0.5, 0.6) is 0 Å². The maximum atomic E-state index is 11.2. The molecule has 13 heavy (non-hydrogen) atoms. The van der Waals surface area contributed by atoms with Crippen LogP contribution in [0.2, 0.25) is 0 Å². The minimum atomic E-state index is -0.422. The molecule has 5 nitrogen and oxygen atoms in total. The second-order valence-electron chi connectivity index (χ2n) is 2.56. The van der Waals surface area contributed by atoms with Gasteiger partial charge in [0.2, 0.25) is 0 Å². The highest BCUT2D eigenvalue weighted by molar-refractivity contribution is 5.93. The van der Waals surface area contributed by atoms with E-state index in [9.17, 15) is 9.59 Å². The van der Waals surface area contributed by atoms with Gasteiger partial charge < -0.3 is 9.72 Å². The third-order valence-corrected chi connectivity index (χ3v) is 1.51. The van der Waals surface area contributed by atoms with Gasteiger partial charge in [-0.25, -0.2) is 4.98 Å². The fourth-order valence-electron chi connectivity index (χ4n) is 0.893. The van der Waals surface area contributed by atoms with Crippen LogP contribution in [0.15, 0.2) is 11.0 Å². The molecule has 0 fully saturated rings. The number of ether oxygens (including phenoxy) is 1. The number of rotatable bonds is 3. The molecule has 1 rings (SSSR count). The number of aromatic nitrogens is 2. The Bertz CT molecular complexity index is 370. The number of hydrogen-bond acceptors (Lipinski definition) is 4. The predicted octanol–water partition coefficient (Wildman–Crippen LogP) is 0.119. The summed E-state index contributed by atoms with van der Waals surface area (Å²) in [4.78, 5) is 28.3. The summed E-state index contributed by atoms with van der Waals surface area (Å²) in [5.74, 6) is 0.121. The van der Waals surface area contributed by atoms with Crippen molar-refractivity contribution in [3.63, 3.8) is 0 Å². The molecule has 5 heteroatoms. The van der Waals surface area contributed by atoms with E-state index in [1.165, 1.54) is 20.2 Å². The molecular formula is C8H10N2O3. The molecule has 0 amide bonds. The highest BCUT2D eigenvalue weighted by atomic mass is 16.5. The van der Waals surface area contributed by atoms with Crippen molar-refractivity contribution in [2.24, 2.45) is 0 Å². The molecule has 0 aromatic carbocycles. The molecule has 0 aliphatic heterocycles. The fourth-order valence-corrected chi connectivity index (χ4v) is 0.893. The number of Topliss-reactive ketones (excluding diaryl/α,β-unsaturated/α-hetero) is 1. The zero-order valence-electron chi connectivity index (χ0n) is 7.46. The summed E-state index contributed by atoms with van der Waals surface area (Å²) in [6.45, 7) is 1.55. The van der Waals surface area contributed by atoms with Crippen LogP contribution < -0.4 is 5.56 Å². The number of nitrogens with zero attached hydrogens (tertiary/aromatic N) is 1.